The van der Waals surface area contributed by atoms with E-state index >= 15 is 0 Å². The van der Waals surface area contributed by atoms with Gasteiger partial charge in [0.2, 0.25) is 0 Å². The molecule has 2 N–H and O–H groups in total. The Morgan fingerprint density at radius 3 is 3.05 bits per heavy atom. The second kappa shape index (κ2) is 5.55. The molecular weight excluding hydrogens is 254 g/mol. The summed E-state index contributed by atoms with van der Waals surface area (Å²) in [5, 5.41) is 4.82. The van der Waals surface area contributed by atoms with Crippen LogP contribution in [0.3, 0.4) is 0 Å². The number of hydrogen-bond acceptors (Lipinski definition) is 3. The SMILES string of the molecule is Cc1ncsc1CNCCc1c[nH]c2ccccc12. The fraction of sp³-hybridized carbons (Fsp3) is 0.267. The molecule has 3 nitrogen and oxygen atoms in total. The molecule has 0 amide bonds. The highest BCUT2D eigenvalue weighted by Crippen LogP contribution is 2.17. The van der Waals surface area contributed by atoms with Crippen LogP contribution in [0, 0.1) is 6.92 Å². The predicted molar refractivity (Wildman–Crippen MR) is 80.6 cm³/mol. The monoisotopic (exact) mass is 271 g/mol. The van der Waals surface area contributed by atoms with Gasteiger partial charge in [-0.15, -0.1) is 11.3 Å². The zero-order chi connectivity index (χ0) is 13.1. The number of fused-ring (bicyclic) bond motifs is 1. The third-order valence-electron chi connectivity index (χ3n) is 3.38. The molecule has 0 unspecified atom stereocenters. The normalized spacial score (nSPS) is 11.2. The number of rotatable bonds is 5. The molecule has 0 radical (unpaired) electrons. The van der Waals surface area contributed by atoms with Crippen molar-refractivity contribution in [3.05, 3.63) is 52.1 Å². The zero-order valence-corrected chi connectivity index (χ0v) is 11.8. The molecular formula is C15H17N3S. The molecule has 0 atom stereocenters. The topological polar surface area (TPSA) is 40.7 Å². The van der Waals surface area contributed by atoms with Crippen molar-refractivity contribution in [3.8, 4) is 0 Å². The predicted octanol–water partition coefficient (Wildman–Crippen LogP) is 3.27. The molecule has 3 aromatic rings. The number of aryl methyl sites for hydroxylation is 1. The highest BCUT2D eigenvalue weighted by atomic mass is 32.1. The summed E-state index contributed by atoms with van der Waals surface area (Å²) in [6, 6.07) is 8.45. The lowest BCUT2D eigenvalue weighted by atomic mass is 10.1. The highest BCUT2D eigenvalue weighted by molar-refractivity contribution is 7.09. The van der Waals surface area contributed by atoms with Crippen LogP contribution in [0.1, 0.15) is 16.1 Å². The van der Waals surface area contributed by atoms with Crippen molar-refractivity contribution in [1.29, 1.82) is 0 Å². The van der Waals surface area contributed by atoms with Crippen LogP contribution in [-0.2, 0) is 13.0 Å². The number of para-hydroxylation sites is 1. The van der Waals surface area contributed by atoms with Crippen molar-refractivity contribution in [1.82, 2.24) is 15.3 Å². The molecule has 4 heteroatoms. The van der Waals surface area contributed by atoms with Gasteiger partial charge < -0.3 is 10.3 Å². The third-order valence-corrected chi connectivity index (χ3v) is 4.31. The molecule has 0 bridgehead atoms. The van der Waals surface area contributed by atoms with Crippen molar-refractivity contribution >= 4 is 22.2 Å². The average Bonchev–Trinajstić information content (AvgIpc) is 3.02. The largest absolute Gasteiger partial charge is 0.361 e. The van der Waals surface area contributed by atoms with Crippen molar-refractivity contribution in [2.24, 2.45) is 0 Å². The molecule has 0 aliphatic carbocycles. The molecule has 2 heterocycles. The number of nitrogens with one attached hydrogen (secondary N) is 2. The molecule has 19 heavy (non-hydrogen) atoms. The van der Waals surface area contributed by atoms with E-state index in [4.69, 9.17) is 0 Å². The van der Waals surface area contributed by atoms with E-state index in [-0.39, 0.29) is 0 Å². The van der Waals surface area contributed by atoms with Gasteiger partial charge in [-0.25, -0.2) is 4.98 Å². The number of nitrogens with zero attached hydrogens (tertiary/aromatic N) is 1. The number of hydrogen-bond donors (Lipinski definition) is 2. The number of benzene rings is 1. The smallest absolute Gasteiger partial charge is 0.0798 e. The van der Waals surface area contributed by atoms with Crippen LogP contribution in [0.2, 0.25) is 0 Å². The maximum absolute atomic E-state index is 4.26. The fourth-order valence-electron chi connectivity index (χ4n) is 2.26. The fourth-order valence-corrected chi connectivity index (χ4v) is 3.01. The van der Waals surface area contributed by atoms with Crippen molar-refractivity contribution in [2.45, 2.75) is 19.9 Å². The van der Waals surface area contributed by atoms with Crippen LogP contribution >= 0.6 is 11.3 Å². The van der Waals surface area contributed by atoms with Gasteiger partial charge in [-0.2, -0.15) is 0 Å². The molecule has 98 valence electrons. The van der Waals surface area contributed by atoms with Crippen LogP contribution < -0.4 is 5.32 Å². The summed E-state index contributed by atoms with van der Waals surface area (Å²) >= 11 is 1.72. The lowest BCUT2D eigenvalue weighted by Crippen LogP contribution is -2.16. The first-order valence-electron chi connectivity index (χ1n) is 6.49. The summed E-state index contributed by atoms with van der Waals surface area (Å²) in [6.07, 6.45) is 3.16. The Balaban J connectivity index is 1.57. The molecule has 2 aromatic heterocycles. The summed E-state index contributed by atoms with van der Waals surface area (Å²) < 4.78 is 0. The van der Waals surface area contributed by atoms with Crippen LogP contribution in [0.4, 0.5) is 0 Å². The van der Waals surface area contributed by atoms with Crippen LogP contribution in [0.25, 0.3) is 10.9 Å². The van der Waals surface area contributed by atoms with Gasteiger partial charge in [-0.1, -0.05) is 18.2 Å². The molecule has 0 saturated heterocycles. The summed E-state index contributed by atoms with van der Waals surface area (Å²) in [6.45, 7) is 3.96. The minimum Gasteiger partial charge on any atom is -0.361 e. The van der Waals surface area contributed by atoms with Gasteiger partial charge >= 0.3 is 0 Å². The Morgan fingerprint density at radius 2 is 2.21 bits per heavy atom. The van der Waals surface area contributed by atoms with Crippen LogP contribution in [0.15, 0.2) is 36.0 Å². The van der Waals surface area contributed by atoms with Crippen molar-refractivity contribution in [2.75, 3.05) is 6.54 Å². The van der Waals surface area contributed by atoms with E-state index in [1.807, 2.05) is 5.51 Å². The summed E-state index contributed by atoms with van der Waals surface area (Å²) in [5.74, 6) is 0. The van der Waals surface area contributed by atoms with Crippen LogP contribution in [0.5, 0.6) is 0 Å². The lowest BCUT2D eigenvalue weighted by molar-refractivity contribution is 0.692. The quantitative estimate of drug-likeness (QED) is 0.699. The molecule has 0 aliphatic heterocycles. The highest BCUT2D eigenvalue weighted by Gasteiger charge is 2.03. The molecule has 0 fully saturated rings. The lowest BCUT2D eigenvalue weighted by Gasteiger charge is -2.03. The minimum atomic E-state index is 0.916. The van der Waals surface area contributed by atoms with Crippen molar-refractivity contribution in [3.63, 3.8) is 0 Å². The third kappa shape index (κ3) is 2.69. The van der Waals surface area contributed by atoms with E-state index in [2.05, 4.69) is 52.7 Å². The van der Waals surface area contributed by atoms with Gasteiger partial charge in [0.15, 0.2) is 0 Å². The number of aromatic amines is 1. The van der Waals surface area contributed by atoms with E-state index in [1.54, 1.807) is 11.3 Å². The zero-order valence-electron chi connectivity index (χ0n) is 10.9. The van der Waals surface area contributed by atoms with Gasteiger partial charge in [0.25, 0.3) is 0 Å². The van der Waals surface area contributed by atoms with Gasteiger partial charge in [0, 0.05) is 28.5 Å². The Morgan fingerprint density at radius 1 is 1.32 bits per heavy atom. The first-order chi connectivity index (χ1) is 9.34. The maximum atomic E-state index is 4.26. The van der Waals surface area contributed by atoms with E-state index in [0.717, 1.165) is 25.2 Å². The van der Waals surface area contributed by atoms with Gasteiger partial charge in [-0.3, -0.25) is 0 Å². The second-order valence-electron chi connectivity index (χ2n) is 4.65. The van der Waals surface area contributed by atoms with Gasteiger partial charge in [0.05, 0.1) is 11.2 Å². The Bertz CT molecular complexity index is 669. The Kier molecular flexibility index (Phi) is 3.62. The molecule has 0 spiro atoms. The van der Waals surface area contributed by atoms with E-state index in [0.29, 0.717) is 0 Å². The number of aromatic nitrogens is 2. The van der Waals surface area contributed by atoms with E-state index < -0.39 is 0 Å². The molecule has 1 aromatic carbocycles. The Labute approximate surface area is 116 Å². The second-order valence-corrected chi connectivity index (χ2v) is 5.59. The minimum absolute atomic E-state index is 0.916. The summed E-state index contributed by atoms with van der Waals surface area (Å²) in [7, 11) is 0. The Hall–Kier alpha value is -1.65. The first-order valence-corrected chi connectivity index (χ1v) is 7.37. The van der Waals surface area contributed by atoms with Crippen molar-refractivity contribution < 1.29 is 0 Å². The number of H-pyrrole nitrogens is 1. The average molecular weight is 271 g/mol. The number of thiazole rings is 1. The summed E-state index contributed by atoms with van der Waals surface area (Å²) in [4.78, 5) is 8.91. The van der Waals surface area contributed by atoms with E-state index in [1.165, 1.54) is 21.3 Å². The maximum Gasteiger partial charge on any atom is 0.0798 e. The van der Waals surface area contributed by atoms with E-state index in [9.17, 15) is 0 Å². The summed E-state index contributed by atoms with van der Waals surface area (Å²) in [5.41, 5.74) is 5.65. The molecule has 0 aliphatic rings. The standard InChI is InChI=1S/C15H17N3S/c1-11-15(19-10-18-11)9-16-7-6-12-8-17-14-5-3-2-4-13(12)14/h2-5,8,10,16-17H,6-7,9H2,1H3. The van der Waals surface area contributed by atoms with Crippen LogP contribution in [-0.4, -0.2) is 16.5 Å². The molecule has 3 rings (SSSR count). The van der Waals surface area contributed by atoms with Gasteiger partial charge in [-0.05, 0) is 31.5 Å². The molecule has 0 saturated carbocycles. The first kappa shape index (κ1) is 12.4. The van der Waals surface area contributed by atoms with Gasteiger partial charge in [0.1, 0.15) is 0 Å².